The van der Waals surface area contributed by atoms with E-state index in [4.69, 9.17) is 14.2 Å². The summed E-state index contributed by atoms with van der Waals surface area (Å²) in [5, 5.41) is 7.19. The van der Waals surface area contributed by atoms with Crippen LogP contribution in [0.15, 0.2) is 29.3 Å². The van der Waals surface area contributed by atoms with Crippen molar-refractivity contribution in [2.75, 3.05) is 67.3 Å². The molecule has 0 bridgehead atoms. The molecule has 2 fully saturated rings. The number of nitrogens with zero attached hydrogens (tertiary/aromatic N) is 2. The van der Waals surface area contributed by atoms with Crippen molar-refractivity contribution < 1.29 is 14.2 Å². The molecule has 1 aromatic carbocycles. The quantitative estimate of drug-likeness (QED) is 0.438. The molecule has 1 aromatic rings. The molecule has 1 heterocycles. The largest absolute Gasteiger partial charge is 0.497 e. The Hall–Kier alpha value is -1.83. The summed E-state index contributed by atoms with van der Waals surface area (Å²) in [6, 6.07) is 8.65. The second kappa shape index (κ2) is 12.3. The number of methoxy groups -OCH3 is 2. The van der Waals surface area contributed by atoms with Crippen LogP contribution in [0.25, 0.3) is 0 Å². The Labute approximate surface area is 187 Å². The number of guanidine groups is 1. The molecule has 0 amide bonds. The maximum Gasteiger partial charge on any atom is 0.191 e. The zero-order chi connectivity index (χ0) is 21.9. The van der Waals surface area contributed by atoms with Gasteiger partial charge in [0.15, 0.2) is 5.96 Å². The van der Waals surface area contributed by atoms with Gasteiger partial charge in [-0.3, -0.25) is 9.89 Å². The molecule has 3 rings (SSSR count). The Kier molecular flexibility index (Phi) is 9.43. The first-order chi connectivity index (χ1) is 15.2. The summed E-state index contributed by atoms with van der Waals surface area (Å²) in [7, 11) is 5.35. The van der Waals surface area contributed by atoms with Crippen molar-refractivity contribution in [3.8, 4) is 5.75 Å². The Balaban J connectivity index is 1.61. The SMILES string of the molecule is CN=C(NCC(c1ccc(OC)cc1)N1CCOCC1)NCC1(CCOC)CCCC1. The molecule has 7 heteroatoms. The van der Waals surface area contributed by atoms with Crippen molar-refractivity contribution in [2.45, 2.75) is 38.1 Å². The summed E-state index contributed by atoms with van der Waals surface area (Å²) in [6.45, 7) is 5.99. The monoisotopic (exact) mass is 432 g/mol. The molecule has 0 spiro atoms. The highest BCUT2D eigenvalue weighted by atomic mass is 16.5. The summed E-state index contributed by atoms with van der Waals surface area (Å²) in [5.74, 6) is 1.75. The van der Waals surface area contributed by atoms with E-state index in [1.807, 2.05) is 19.2 Å². The first kappa shape index (κ1) is 23.8. The topological polar surface area (TPSA) is 67.4 Å². The number of rotatable bonds is 10. The minimum atomic E-state index is 0.252. The number of aliphatic imine (C=N–C) groups is 1. The molecular weight excluding hydrogens is 392 g/mol. The van der Waals surface area contributed by atoms with E-state index in [-0.39, 0.29) is 6.04 Å². The fraction of sp³-hybridized carbons (Fsp3) is 0.708. The highest BCUT2D eigenvalue weighted by Crippen LogP contribution is 2.40. The lowest BCUT2D eigenvalue weighted by molar-refractivity contribution is 0.0170. The van der Waals surface area contributed by atoms with Crippen LogP contribution in [0.2, 0.25) is 0 Å². The van der Waals surface area contributed by atoms with Crippen LogP contribution in [0.1, 0.15) is 43.7 Å². The normalized spacial score (nSPS) is 20.4. The summed E-state index contributed by atoms with van der Waals surface area (Å²) in [6.07, 6.45) is 6.27. The predicted octanol–water partition coefficient (Wildman–Crippen LogP) is 2.83. The highest BCUT2D eigenvalue weighted by molar-refractivity contribution is 5.79. The lowest BCUT2D eigenvalue weighted by Gasteiger charge is -2.35. The molecular formula is C24H40N4O3. The predicted molar refractivity (Wildman–Crippen MR) is 125 cm³/mol. The average molecular weight is 433 g/mol. The van der Waals surface area contributed by atoms with Gasteiger partial charge in [-0.05, 0) is 42.4 Å². The third kappa shape index (κ3) is 6.82. The second-order valence-corrected chi connectivity index (χ2v) is 8.69. The fourth-order valence-corrected chi connectivity index (χ4v) is 4.82. The number of ether oxygens (including phenoxy) is 3. The minimum absolute atomic E-state index is 0.252. The minimum Gasteiger partial charge on any atom is -0.497 e. The van der Waals surface area contributed by atoms with Gasteiger partial charge in [0.1, 0.15) is 5.75 Å². The van der Waals surface area contributed by atoms with E-state index < -0.39 is 0 Å². The van der Waals surface area contributed by atoms with Gasteiger partial charge in [0.2, 0.25) is 0 Å². The van der Waals surface area contributed by atoms with Crippen LogP contribution in [-0.2, 0) is 9.47 Å². The summed E-state index contributed by atoms with van der Waals surface area (Å²) in [4.78, 5) is 6.99. The number of benzene rings is 1. The third-order valence-electron chi connectivity index (χ3n) is 6.81. The van der Waals surface area contributed by atoms with Crippen LogP contribution >= 0.6 is 0 Å². The molecule has 2 N–H and O–H groups in total. The number of hydrogen-bond acceptors (Lipinski definition) is 5. The number of morpholine rings is 1. The molecule has 0 aromatic heterocycles. The Morgan fingerprint density at radius 2 is 1.84 bits per heavy atom. The number of hydrogen-bond donors (Lipinski definition) is 2. The first-order valence-corrected chi connectivity index (χ1v) is 11.6. The average Bonchev–Trinajstić information content (AvgIpc) is 3.30. The van der Waals surface area contributed by atoms with E-state index in [2.05, 4.69) is 32.7 Å². The van der Waals surface area contributed by atoms with Gasteiger partial charge in [-0.2, -0.15) is 0 Å². The van der Waals surface area contributed by atoms with Gasteiger partial charge in [0.25, 0.3) is 0 Å². The van der Waals surface area contributed by atoms with Crippen LogP contribution in [0.5, 0.6) is 5.75 Å². The Bertz CT molecular complexity index is 668. The van der Waals surface area contributed by atoms with Gasteiger partial charge < -0.3 is 24.8 Å². The van der Waals surface area contributed by atoms with Crippen LogP contribution in [0, 0.1) is 5.41 Å². The van der Waals surface area contributed by atoms with Gasteiger partial charge in [0, 0.05) is 46.9 Å². The van der Waals surface area contributed by atoms with Gasteiger partial charge in [0.05, 0.1) is 26.4 Å². The molecule has 1 atom stereocenters. The van der Waals surface area contributed by atoms with E-state index >= 15 is 0 Å². The molecule has 31 heavy (non-hydrogen) atoms. The highest BCUT2D eigenvalue weighted by Gasteiger charge is 2.33. The molecule has 7 nitrogen and oxygen atoms in total. The van der Waals surface area contributed by atoms with Crippen LogP contribution in [0.4, 0.5) is 0 Å². The zero-order valence-corrected chi connectivity index (χ0v) is 19.5. The summed E-state index contributed by atoms with van der Waals surface area (Å²) in [5.41, 5.74) is 1.60. The smallest absolute Gasteiger partial charge is 0.191 e. The maximum atomic E-state index is 5.58. The van der Waals surface area contributed by atoms with Gasteiger partial charge in [-0.15, -0.1) is 0 Å². The van der Waals surface area contributed by atoms with Gasteiger partial charge in [-0.1, -0.05) is 25.0 Å². The van der Waals surface area contributed by atoms with Crippen molar-refractivity contribution in [2.24, 2.45) is 10.4 Å². The molecule has 1 saturated carbocycles. The standard InChI is InChI=1S/C24H40N4O3/c1-25-23(27-19-24(12-15-29-2)10-4-5-11-24)26-18-22(28-13-16-31-17-14-28)20-6-8-21(30-3)9-7-20/h6-9,22H,4-5,10-19H2,1-3H3,(H2,25,26,27). The maximum absolute atomic E-state index is 5.58. The lowest BCUT2D eigenvalue weighted by atomic mass is 9.83. The van der Waals surface area contributed by atoms with Crippen molar-refractivity contribution in [1.29, 1.82) is 0 Å². The third-order valence-corrected chi connectivity index (χ3v) is 6.81. The zero-order valence-electron chi connectivity index (χ0n) is 19.5. The second-order valence-electron chi connectivity index (χ2n) is 8.69. The number of nitrogens with one attached hydrogen (secondary N) is 2. The molecule has 1 saturated heterocycles. The van der Waals surface area contributed by atoms with E-state index in [0.29, 0.717) is 5.41 Å². The van der Waals surface area contributed by atoms with Crippen LogP contribution < -0.4 is 15.4 Å². The Morgan fingerprint density at radius 1 is 1.13 bits per heavy atom. The summed E-state index contributed by atoms with van der Waals surface area (Å²) < 4.78 is 16.3. The van der Waals surface area contributed by atoms with Crippen molar-refractivity contribution in [3.05, 3.63) is 29.8 Å². The molecule has 174 valence electrons. The molecule has 0 radical (unpaired) electrons. The van der Waals surface area contributed by atoms with E-state index in [1.54, 1.807) is 14.2 Å². The van der Waals surface area contributed by atoms with E-state index in [0.717, 1.165) is 64.1 Å². The van der Waals surface area contributed by atoms with Gasteiger partial charge in [-0.25, -0.2) is 0 Å². The van der Waals surface area contributed by atoms with Crippen molar-refractivity contribution in [1.82, 2.24) is 15.5 Å². The Morgan fingerprint density at radius 3 is 2.45 bits per heavy atom. The lowest BCUT2D eigenvalue weighted by Crippen LogP contribution is -2.48. The summed E-state index contributed by atoms with van der Waals surface area (Å²) >= 11 is 0. The fourth-order valence-electron chi connectivity index (χ4n) is 4.82. The van der Waals surface area contributed by atoms with Crippen molar-refractivity contribution in [3.63, 3.8) is 0 Å². The van der Waals surface area contributed by atoms with Crippen LogP contribution in [-0.4, -0.2) is 78.1 Å². The van der Waals surface area contributed by atoms with E-state index in [9.17, 15) is 0 Å². The molecule has 1 unspecified atom stereocenters. The molecule has 1 aliphatic carbocycles. The van der Waals surface area contributed by atoms with E-state index in [1.165, 1.54) is 31.2 Å². The molecule has 2 aliphatic rings. The van der Waals surface area contributed by atoms with Gasteiger partial charge >= 0.3 is 0 Å². The first-order valence-electron chi connectivity index (χ1n) is 11.6. The molecule has 1 aliphatic heterocycles. The van der Waals surface area contributed by atoms with Crippen LogP contribution in [0.3, 0.4) is 0 Å². The van der Waals surface area contributed by atoms with Crippen molar-refractivity contribution >= 4 is 5.96 Å².